The van der Waals surface area contributed by atoms with Gasteiger partial charge in [-0.05, 0) is 18.2 Å². The normalized spacial score (nSPS) is 10.6. The topological polar surface area (TPSA) is 116 Å². The zero-order valence-corrected chi connectivity index (χ0v) is 9.89. The van der Waals surface area contributed by atoms with Gasteiger partial charge in [0.25, 0.3) is 5.91 Å². The molecule has 1 amide bonds. The summed E-state index contributed by atoms with van der Waals surface area (Å²) in [5.74, 6) is -1.20. The Morgan fingerprint density at radius 2 is 2.20 bits per heavy atom. The van der Waals surface area contributed by atoms with E-state index in [1.165, 1.54) is 12.4 Å². The van der Waals surface area contributed by atoms with Crippen LogP contribution in [-0.4, -0.2) is 25.4 Å². The molecule has 0 bridgehead atoms. The first-order valence-electron chi connectivity index (χ1n) is 5.48. The van der Waals surface area contributed by atoms with Crippen LogP contribution in [-0.2, 0) is 0 Å². The van der Waals surface area contributed by atoms with Gasteiger partial charge in [-0.1, -0.05) is 0 Å². The fourth-order valence-corrected chi connectivity index (χ4v) is 1.64. The summed E-state index contributed by atoms with van der Waals surface area (Å²) in [7, 11) is 0. The van der Waals surface area contributed by atoms with Crippen LogP contribution in [0.1, 0.15) is 10.6 Å². The number of pyridine rings is 1. The van der Waals surface area contributed by atoms with Crippen molar-refractivity contribution in [2.45, 2.75) is 0 Å². The standard InChI is InChI=1S/C11H7N5O4/c17-11(8-2-4-10(20-8)16(18)19)13-7-1-3-9-14-12-6-15(9)5-7/h1-6H,(H,13,17). The molecule has 100 valence electrons. The quantitative estimate of drug-likeness (QED) is 0.570. The predicted molar refractivity (Wildman–Crippen MR) is 66.3 cm³/mol. The molecule has 0 aliphatic rings. The zero-order chi connectivity index (χ0) is 14.1. The van der Waals surface area contributed by atoms with Gasteiger partial charge in [0.15, 0.2) is 11.4 Å². The van der Waals surface area contributed by atoms with Crippen LogP contribution in [0.3, 0.4) is 0 Å². The number of nitrogens with zero attached hydrogens (tertiary/aromatic N) is 4. The van der Waals surface area contributed by atoms with E-state index in [9.17, 15) is 14.9 Å². The minimum Gasteiger partial charge on any atom is -0.395 e. The van der Waals surface area contributed by atoms with E-state index in [4.69, 9.17) is 4.42 Å². The van der Waals surface area contributed by atoms with Gasteiger partial charge in [0, 0.05) is 6.20 Å². The Morgan fingerprint density at radius 1 is 1.35 bits per heavy atom. The second-order valence-corrected chi connectivity index (χ2v) is 3.86. The van der Waals surface area contributed by atoms with Gasteiger partial charge in [-0.3, -0.25) is 19.3 Å². The van der Waals surface area contributed by atoms with Crippen LogP contribution < -0.4 is 5.32 Å². The van der Waals surface area contributed by atoms with Crippen molar-refractivity contribution in [1.29, 1.82) is 0 Å². The van der Waals surface area contributed by atoms with E-state index in [1.54, 1.807) is 22.7 Å². The van der Waals surface area contributed by atoms with Gasteiger partial charge >= 0.3 is 5.88 Å². The lowest BCUT2D eigenvalue weighted by molar-refractivity contribution is -0.402. The summed E-state index contributed by atoms with van der Waals surface area (Å²) < 4.78 is 6.43. The predicted octanol–water partition coefficient (Wildman–Crippen LogP) is 1.48. The molecule has 3 aromatic rings. The first kappa shape index (κ1) is 11.8. The third-order valence-electron chi connectivity index (χ3n) is 2.54. The van der Waals surface area contributed by atoms with Crippen LogP contribution >= 0.6 is 0 Å². The van der Waals surface area contributed by atoms with E-state index in [2.05, 4.69) is 15.5 Å². The van der Waals surface area contributed by atoms with Crippen LogP contribution in [0.4, 0.5) is 11.6 Å². The Hall–Kier alpha value is -3.23. The lowest BCUT2D eigenvalue weighted by atomic mass is 10.3. The second-order valence-electron chi connectivity index (χ2n) is 3.86. The Bertz CT molecular complexity index is 806. The Balaban J connectivity index is 1.82. The SMILES string of the molecule is O=C(Nc1ccc2nncn2c1)c1ccc([N+](=O)[O-])o1. The fourth-order valence-electron chi connectivity index (χ4n) is 1.64. The van der Waals surface area contributed by atoms with Crippen LogP contribution in [0, 0.1) is 10.1 Å². The van der Waals surface area contributed by atoms with Gasteiger partial charge in [0.2, 0.25) is 0 Å². The number of amides is 1. The number of carbonyl (C=O) groups excluding carboxylic acids is 1. The Labute approximate surface area is 111 Å². The molecule has 1 N–H and O–H groups in total. The fraction of sp³-hybridized carbons (Fsp3) is 0. The van der Waals surface area contributed by atoms with Crippen molar-refractivity contribution in [1.82, 2.24) is 14.6 Å². The number of rotatable bonds is 3. The van der Waals surface area contributed by atoms with E-state index >= 15 is 0 Å². The summed E-state index contributed by atoms with van der Waals surface area (Å²) in [6, 6.07) is 5.68. The first-order chi connectivity index (χ1) is 9.63. The summed E-state index contributed by atoms with van der Waals surface area (Å²) in [5.41, 5.74) is 1.12. The highest BCUT2D eigenvalue weighted by Crippen LogP contribution is 2.17. The zero-order valence-electron chi connectivity index (χ0n) is 9.89. The highest BCUT2D eigenvalue weighted by Gasteiger charge is 2.17. The van der Waals surface area contributed by atoms with Crippen LogP contribution in [0.5, 0.6) is 0 Å². The van der Waals surface area contributed by atoms with Gasteiger partial charge in [-0.2, -0.15) is 0 Å². The largest absolute Gasteiger partial charge is 0.433 e. The average molecular weight is 273 g/mol. The number of furan rings is 1. The Kier molecular flexibility index (Phi) is 2.64. The average Bonchev–Trinajstić information content (AvgIpc) is 3.07. The number of fused-ring (bicyclic) bond motifs is 1. The first-order valence-corrected chi connectivity index (χ1v) is 5.48. The van der Waals surface area contributed by atoms with Gasteiger partial charge in [-0.25, -0.2) is 0 Å². The summed E-state index contributed by atoms with van der Waals surface area (Å²) in [5, 5.41) is 20.6. The molecule has 0 atom stereocenters. The summed E-state index contributed by atoms with van der Waals surface area (Å²) in [6.45, 7) is 0. The maximum absolute atomic E-state index is 11.9. The van der Waals surface area contributed by atoms with Crippen LogP contribution in [0.2, 0.25) is 0 Å². The second kappa shape index (κ2) is 4.46. The molecule has 20 heavy (non-hydrogen) atoms. The smallest absolute Gasteiger partial charge is 0.395 e. The third-order valence-corrected chi connectivity index (χ3v) is 2.54. The number of anilines is 1. The molecule has 0 aliphatic carbocycles. The van der Waals surface area contributed by atoms with E-state index < -0.39 is 16.7 Å². The van der Waals surface area contributed by atoms with Crippen molar-refractivity contribution in [3.05, 3.63) is 52.7 Å². The lowest BCUT2D eigenvalue weighted by Crippen LogP contribution is -2.11. The minimum atomic E-state index is -0.708. The van der Waals surface area contributed by atoms with Gasteiger partial charge < -0.3 is 9.73 Å². The summed E-state index contributed by atoms with van der Waals surface area (Å²) >= 11 is 0. The Morgan fingerprint density at radius 3 is 2.95 bits per heavy atom. The number of nitrogens with one attached hydrogen (secondary N) is 1. The monoisotopic (exact) mass is 273 g/mol. The lowest BCUT2D eigenvalue weighted by Gasteiger charge is -2.02. The molecular weight excluding hydrogens is 266 g/mol. The van der Waals surface area contributed by atoms with E-state index in [-0.39, 0.29) is 5.76 Å². The van der Waals surface area contributed by atoms with Gasteiger partial charge in [-0.15, -0.1) is 10.2 Å². The maximum atomic E-state index is 11.9. The van der Waals surface area contributed by atoms with Gasteiger partial charge in [0.05, 0.1) is 11.8 Å². The third kappa shape index (κ3) is 2.07. The molecule has 9 nitrogen and oxygen atoms in total. The molecular formula is C11H7N5O4. The molecule has 3 rings (SSSR count). The van der Waals surface area contributed by atoms with E-state index in [0.717, 1.165) is 6.07 Å². The molecule has 0 spiro atoms. The van der Waals surface area contributed by atoms with Crippen LogP contribution in [0.15, 0.2) is 41.2 Å². The van der Waals surface area contributed by atoms with Crippen molar-refractivity contribution in [3.63, 3.8) is 0 Å². The molecule has 0 aromatic carbocycles. The van der Waals surface area contributed by atoms with E-state index in [0.29, 0.717) is 11.3 Å². The summed E-state index contributed by atoms with van der Waals surface area (Å²) in [6.07, 6.45) is 3.10. The highest BCUT2D eigenvalue weighted by atomic mass is 16.6. The maximum Gasteiger partial charge on any atom is 0.433 e. The molecule has 9 heteroatoms. The minimum absolute atomic E-state index is 0.138. The number of carbonyl (C=O) groups is 1. The number of hydrogen-bond donors (Lipinski definition) is 1. The highest BCUT2D eigenvalue weighted by molar-refractivity contribution is 6.02. The van der Waals surface area contributed by atoms with Crippen molar-refractivity contribution in [3.8, 4) is 0 Å². The van der Waals surface area contributed by atoms with Crippen molar-refractivity contribution >= 4 is 23.1 Å². The number of aromatic nitrogens is 3. The van der Waals surface area contributed by atoms with Crippen molar-refractivity contribution in [2.24, 2.45) is 0 Å². The molecule has 0 saturated carbocycles. The number of nitro groups is 1. The molecule has 0 fully saturated rings. The van der Waals surface area contributed by atoms with E-state index in [1.807, 2.05) is 0 Å². The van der Waals surface area contributed by atoms with Crippen molar-refractivity contribution < 1.29 is 14.1 Å². The molecule has 3 heterocycles. The molecule has 3 aromatic heterocycles. The summed E-state index contributed by atoms with van der Waals surface area (Å²) in [4.78, 5) is 21.6. The molecule has 0 unspecified atom stereocenters. The number of hydrogen-bond acceptors (Lipinski definition) is 6. The van der Waals surface area contributed by atoms with Crippen molar-refractivity contribution in [2.75, 3.05) is 5.32 Å². The molecule has 0 aliphatic heterocycles. The van der Waals surface area contributed by atoms with Crippen LogP contribution in [0.25, 0.3) is 5.65 Å². The van der Waals surface area contributed by atoms with Gasteiger partial charge in [0.1, 0.15) is 11.3 Å². The molecule has 0 saturated heterocycles. The molecule has 0 radical (unpaired) electrons.